The third-order valence-corrected chi connectivity index (χ3v) is 5.31. The molecule has 0 aromatic rings. The molecule has 0 atom stereocenters. The van der Waals surface area contributed by atoms with Crippen LogP contribution in [-0.4, -0.2) is 71.3 Å². The van der Waals surface area contributed by atoms with Gasteiger partial charge in [0.25, 0.3) is 0 Å². The van der Waals surface area contributed by atoms with Gasteiger partial charge in [-0.05, 0) is 0 Å². The molecule has 0 amide bonds. The van der Waals surface area contributed by atoms with Gasteiger partial charge in [0.2, 0.25) is 0 Å². The molecule has 0 saturated heterocycles. The quantitative estimate of drug-likeness (QED) is 0.276. The SMILES string of the molecule is CCCCCCCCCCCCCCCCC[CH2][K].OB(O)O. The third-order valence-electron chi connectivity index (χ3n) is 4.21. The Hall–Kier alpha value is 1.58. The number of hydrogen-bond acceptors (Lipinski definition) is 3. The fourth-order valence-corrected chi connectivity index (χ4v) is 3.58. The van der Waals surface area contributed by atoms with Gasteiger partial charge in [-0.3, -0.25) is 0 Å². The Labute approximate surface area is 179 Å². The smallest absolute Gasteiger partial charge is 0.402 e. The number of unbranched alkanes of at least 4 members (excludes halogenated alkanes) is 15. The van der Waals surface area contributed by atoms with Gasteiger partial charge in [0.1, 0.15) is 0 Å². The zero-order chi connectivity index (χ0) is 17.6. The standard InChI is InChI=1S/C18H37.BH3O3.K/c1-3-5-7-9-11-13-15-17-18-16-14-12-10-8-6-4-2;2-1(3)4;/h1,3-18H2,2H3;2-4H;. The average Bonchev–Trinajstić information content (AvgIpc) is 2.50. The first-order valence-electron chi connectivity index (χ1n) is 10.2. The van der Waals surface area contributed by atoms with Gasteiger partial charge in [0.05, 0.1) is 0 Å². The average molecular weight is 354 g/mol. The Kier molecular flexibility index (Phi) is 30.1. The normalized spacial score (nSPS) is 10.3. The molecule has 0 bridgehead atoms. The van der Waals surface area contributed by atoms with E-state index in [2.05, 4.69) is 6.92 Å². The molecule has 0 aliphatic carbocycles. The molecule has 0 spiro atoms. The minimum Gasteiger partial charge on any atom is -0.402 e. The molecule has 0 unspecified atom stereocenters. The van der Waals surface area contributed by atoms with Gasteiger partial charge in [0.15, 0.2) is 0 Å². The van der Waals surface area contributed by atoms with Crippen LogP contribution < -0.4 is 0 Å². The summed E-state index contributed by atoms with van der Waals surface area (Å²) in [5.41, 5.74) is 0. The molecule has 0 radical (unpaired) electrons. The second kappa shape index (κ2) is 25.8. The fourth-order valence-electron chi connectivity index (χ4n) is 2.80. The molecule has 0 aromatic carbocycles. The van der Waals surface area contributed by atoms with Crippen molar-refractivity contribution in [3.05, 3.63) is 0 Å². The van der Waals surface area contributed by atoms with Crippen LogP contribution in [0.25, 0.3) is 0 Å². The maximum atomic E-state index is 7.17. The molecular weight excluding hydrogens is 314 g/mol. The largest absolute Gasteiger partial charge is 0.631 e. The van der Waals surface area contributed by atoms with Crippen molar-refractivity contribution < 1.29 is 15.1 Å². The second-order valence-electron chi connectivity index (χ2n) is 6.65. The summed E-state index contributed by atoms with van der Waals surface area (Å²) in [4.78, 5) is 0. The Bertz CT molecular complexity index is 176. The van der Waals surface area contributed by atoms with E-state index in [1.54, 1.807) is 0.515 Å². The fraction of sp³-hybridized carbons (Fsp3) is 1.00. The van der Waals surface area contributed by atoms with Gasteiger partial charge >= 0.3 is 127 Å². The van der Waals surface area contributed by atoms with Crippen LogP contribution in [0, 0.1) is 0 Å². The summed E-state index contributed by atoms with van der Waals surface area (Å²) >= 11 is 1.10. The minimum atomic E-state index is -2.17. The Morgan fingerprint density at radius 2 is 0.739 bits per heavy atom. The summed E-state index contributed by atoms with van der Waals surface area (Å²) in [6.07, 6.45) is 23.8. The van der Waals surface area contributed by atoms with E-state index in [-0.39, 0.29) is 0 Å². The topological polar surface area (TPSA) is 60.7 Å². The zero-order valence-corrected chi connectivity index (χ0v) is 19.1. The first-order valence-corrected chi connectivity index (χ1v) is 12.4. The predicted octanol–water partition coefficient (Wildman–Crippen LogP) is 4.78. The first kappa shape index (κ1) is 26.8. The van der Waals surface area contributed by atoms with Crippen LogP contribution >= 0.6 is 0 Å². The van der Waals surface area contributed by atoms with Crippen molar-refractivity contribution >= 4 is 56.3 Å². The van der Waals surface area contributed by atoms with Gasteiger partial charge in [-0.1, -0.05) is 39.0 Å². The maximum Gasteiger partial charge on any atom is 0.631 e. The van der Waals surface area contributed by atoms with E-state index in [1.165, 1.54) is 103 Å². The predicted molar refractivity (Wildman–Crippen MR) is 103 cm³/mol. The van der Waals surface area contributed by atoms with Crippen molar-refractivity contribution in [2.24, 2.45) is 0 Å². The molecule has 0 rings (SSSR count). The number of rotatable bonds is 16. The van der Waals surface area contributed by atoms with Crippen molar-refractivity contribution in [1.29, 1.82) is 0 Å². The first-order chi connectivity index (χ1) is 11.1. The molecule has 0 saturated carbocycles. The molecule has 0 fully saturated rings. The monoisotopic (exact) mass is 354 g/mol. The Morgan fingerprint density at radius 1 is 0.522 bits per heavy atom. The van der Waals surface area contributed by atoms with E-state index in [9.17, 15) is 0 Å². The molecule has 134 valence electrons. The molecule has 3 nitrogen and oxygen atoms in total. The summed E-state index contributed by atoms with van der Waals surface area (Å²) in [5, 5.41) is 21.5. The van der Waals surface area contributed by atoms with E-state index in [0.29, 0.717) is 0 Å². The summed E-state index contributed by atoms with van der Waals surface area (Å²) < 4.78 is 1.56. The van der Waals surface area contributed by atoms with Gasteiger partial charge in [-0.15, -0.1) is 0 Å². The Morgan fingerprint density at radius 3 is 0.957 bits per heavy atom. The molecule has 23 heavy (non-hydrogen) atoms. The molecule has 0 aromatic heterocycles. The summed E-state index contributed by atoms with van der Waals surface area (Å²) in [5.74, 6) is 0. The van der Waals surface area contributed by atoms with E-state index in [4.69, 9.17) is 15.1 Å². The molecule has 0 aliphatic heterocycles. The van der Waals surface area contributed by atoms with Crippen LogP contribution in [0.1, 0.15) is 110 Å². The van der Waals surface area contributed by atoms with E-state index in [0.717, 1.165) is 49.0 Å². The van der Waals surface area contributed by atoms with Crippen molar-refractivity contribution in [2.45, 2.75) is 110 Å². The molecular formula is C18H40BKO3. The van der Waals surface area contributed by atoms with Gasteiger partial charge in [0, 0.05) is 0 Å². The van der Waals surface area contributed by atoms with Crippen LogP contribution in [0.3, 0.4) is 0 Å². The van der Waals surface area contributed by atoms with Crippen LogP contribution in [0.4, 0.5) is 0 Å². The number of hydrogen-bond donors (Lipinski definition) is 3. The molecule has 5 heteroatoms. The van der Waals surface area contributed by atoms with Crippen LogP contribution in [0.5, 0.6) is 0 Å². The van der Waals surface area contributed by atoms with Crippen molar-refractivity contribution in [3.8, 4) is 0 Å². The second-order valence-corrected chi connectivity index (χ2v) is 8.21. The third kappa shape index (κ3) is 35.5. The van der Waals surface area contributed by atoms with Crippen LogP contribution in [0.15, 0.2) is 0 Å². The summed E-state index contributed by atoms with van der Waals surface area (Å²) in [6, 6.07) is 0. The van der Waals surface area contributed by atoms with E-state index in [1.807, 2.05) is 0 Å². The van der Waals surface area contributed by atoms with E-state index < -0.39 is 7.32 Å². The van der Waals surface area contributed by atoms with Crippen LogP contribution in [-0.2, 0) is 0 Å². The zero-order valence-electron chi connectivity index (χ0n) is 15.9. The van der Waals surface area contributed by atoms with Crippen molar-refractivity contribution in [3.63, 3.8) is 0 Å². The van der Waals surface area contributed by atoms with Crippen molar-refractivity contribution in [1.82, 2.24) is 0 Å². The van der Waals surface area contributed by atoms with Gasteiger partial charge in [-0.25, -0.2) is 0 Å². The maximum absolute atomic E-state index is 7.17. The van der Waals surface area contributed by atoms with Crippen LogP contribution in [0.2, 0.25) is 0.515 Å². The molecule has 0 aliphatic rings. The van der Waals surface area contributed by atoms with Gasteiger partial charge < -0.3 is 15.1 Å². The van der Waals surface area contributed by atoms with E-state index >= 15 is 0 Å². The summed E-state index contributed by atoms with van der Waals surface area (Å²) in [6.45, 7) is 2.30. The minimum absolute atomic E-state index is 1.10. The molecule has 3 N–H and O–H groups in total. The Balaban J connectivity index is 0. The van der Waals surface area contributed by atoms with Gasteiger partial charge in [-0.2, -0.15) is 0 Å². The molecule has 0 heterocycles. The summed E-state index contributed by atoms with van der Waals surface area (Å²) in [7, 11) is -2.17. The van der Waals surface area contributed by atoms with Crippen molar-refractivity contribution in [2.75, 3.05) is 0 Å².